The number of anilines is 1. The van der Waals surface area contributed by atoms with Crippen molar-refractivity contribution < 1.29 is 14.3 Å². The molecule has 0 radical (unpaired) electrons. The highest BCUT2D eigenvalue weighted by molar-refractivity contribution is 7.10. The van der Waals surface area contributed by atoms with Gasteiger partial charge in [0.2, 0.25) is 0 Å². The van der Waals surface area contributed by atoms with Crippen molar-refractivity contribution in [3.63, 3.8) is 0 Å². The monoisotopic (exact) mass is 455 g/mol. The van der Waals surface area contributed by atoms with Gasteiger partial charge in [-0.15, -0.1) is 11.3 Å². The van der Waals surface area contributed by atoms with Crippen LogP contribution >= 0.6 is 11.3 Å². The van der Waals surface area contributed by atoms with Gasteiger partial charge in [0, 0.05) is 29.4 Å². The van der Waals surface area contributed by atoms with E-state index in [-0.39, 0.29) is 12.5 Å². The molecule has 0 atom stereocenters. The summed E-state index contributed by atoms with van der Waals surface area (Å²) in [4.78, 5) is 32.1. The summed E-state index contributed by atoms with van der Waals surface area (Å²) in [6.07, 6.45) is 7.14. The van der Waals surface area contributed by atoms with Crippen LogP contribution in [-0.2, 0) is 17.8 Å². The SMILES string of the molecule is CC.CC.Cc1cc(C(=O)N2CCCCc3sccc32)ccc1COC(=O)n1ccnc1. The molecule has 0 fully saturated rings. The van der Waals surface area contributed by atoms with Crippen molar-refractivity contribution >= 4 is 29.0 Å². The van der Waals surface area contributed by atoms with Crippen LogP contribution in [0.2, 0.25) is 0 Å². The quantitative estimate of drug-likeness (QED) is 0.454. The van der Waals surface area contributed by atoms with Gasteiger partial charge in [-0.25, -0.2) is 14.3 Å². The molecular weight excluding hydrogens is 422 g/mol. The Morgan fingerprint density at radius 2 is 1.91 bits per heavy atom. The molecule has 0 N–H and O–H groups in total. The normalized spacial score (nSPS) is 12.3. The third-order valence-electron chi connectivity index (χ3n) is 4.95. The van der Waals surface area contributed by atoms with Crippen LogP contribution in [0.3, 0.4) is 0 Å². The molecule has 7 heteroatoms. The Hall–Kier alpha value is -2.93. The molecule has 0 unspecified atom stereocenters. The van der Waals surface area contributed by atoms with Crippen molar-refractivity contribution in [3.8, 4) is 0 Å². The molecule has 4 rings (SSSR count). The molecule has 3 heterocycles. The lowest BCUT2D eigenvalue weighted by molar-refractivity contribution is 0.0986. The average molecular weight is 456 g/mol. The zero-order valence-electron chi connectivity index (χ0n) is 19.6. The number of fused-ring (bicyclic) bond motifs is 1. The maximum absolute atomic E-state index is 13.1. The number of nitrogens with zero attached hydrogens (tertiary/aromatic N) is 3. The van der Waals surface area contributed by atoms with Gasteiger partial charge < -0.3 is 9.64 Å². The van der Waals surface area contributed by atoms with Gasteiger partial charge in [0.1, 0.15) is 12.9 Å². The Morgan fingerprint density at radius 3 is 2.59 bits per heavy atom. The summed E-state index contributed by atoms with van der Waals surface area (Å²) in [7, 11) is 0. The molecule has 0 bridgehead atoms. The smallest absolute Gasteiger partial charge is 0.419 e. The van der Waals surface area contributed by atoms with Crippen molar-refractivity contribution in [3.05, 3.63) is 69.9 Å². The number of aryl methyl sites for hydroxylation is 2. The average Bonchev–Trinajstić information content (AvgIpc) is 3.50. The Kier molecular flexibility index (Phi) is 10.1. The van der Waals surface area contributed by atoms with Gasteiger partial charge in [-0.2, -0.15) is 0 Å². The Bertz CT molecular complexity index is 996. The molecule has 1 amide bonds. The summed E-state index contributed by atoms with van der Waals surface area (Å²) in [5, 5.41) is 2.05. The second-order valence-electron chi connectivity index (χ2n) is 6.81. The Labute approximate surface area is 194 Å². The van der Waals surface area contributed by atoms with E-state index in [1.807, 2.05) is 63.8 Å². The number of carbonyl (C=O) groups is 2. The molecule has 1 aliphatic rings. The number of amides is 1. The van der Waals surface area contributed by atoms with Crippen molar-refractivity contribution in [2.75, 3.05) is 11.4 Å². The summed E-state index contributed by atoms with van der Waals surface area (Å²) in [5.41, 5.74) is 3.49. The van der Waals surface area contributed by atoms with Crippen LogP contribution in [0.4, 0.5) is 10.5 Å². The predicted molar refractivity (Wildman–Crippen MR) is 131 cm³/mol. The first-order chi connectivity index (χ1) is 15.6. The van der Waals surface area contributed by atoms with E-state index in [9.17, 15) is 9.59 Å². The van der Waals surface area contributed by atoms with Crippen molar-refractivity contribution in [1.29, 1.82) is 0 Å². The maximum Gasteiger partial charge on any atom is 0.419 e. The number of benzene rings is 1. The molecule has 172 valence electrons. The number of carbonyl (C=O) groups excluding carboxylic acids is 2. The first kappa shape index (κ1) is 25.3. The van der Waals surface area contributed by atoms with E-state index in [4.69, 9.17) is 4.74 Å². The molecule has 0 spiro atoms. The topological polar surface area (TPSA) is 64.4 Å². The first-order valence-electron chi connectivity index (χ1n) is 11.3. The van der Waals surface area contributed by atoms with Gasteiger partial charge in [0.05, 0.1) is 5.69 Å². The Morgan fingerprint density at radius 1 is 1.12 bits per heavy atom. The summed E-state index contributed by atoms with van der Waals surface area (Å²) in [6, 6.07) is 7.59. The summed E-state index contributed by atoms with van der Waals surface area (Å²) >= 11 is 1.72. The number of imidazole rings is 1. The van der Waals surface area contributed by atoms with Crippen LogP contribution in [0.5, 0.6) is 0 Å². The lowest BCUT2D eigenvalue weighted by Crippen LogP contribution is -2.31. The third-order valence-corrected chi connectivity index (χ3v) is 5.92. The van der Waals surface area contributed by atoms with Gasteiger partial charge in [0.15, 0.2) is 0 Å². The number of aromatic nitrogens is 2. The minimum absolute atomic E-state index is 0.0200. The maximum atomic E-state index is 13.1. The van der Waals surface area contributed by atoms with E-state index in [2.05, 4.69) is 10.4 Å². The Balaban J connectivity index is 0.000000860. The van der Waals surface area contributed by atoms with Crippen molar-refractivity contribution in [2.24, 2.45) is 0 Å². The second-order valence-corrected chi connectivity index (χ2v) is 7.81. The van der Waals surface area contributed by atoms with Crippen molar-refractivity contribution in [1.82, 2.24) is 9.55 Å². The van der Waals surface area contributed by atoms with E-state index in [0.29, 0.717) is 5.56 Å². The zero-order chi connectivity index (χ0) is 23.5. The molecule has 3 aromatic rings. The van der Waals surface area contributed by atoms with Crippen LogP contribution in [0.25, 0.3) is 0 Å². The molecule has 2 aromatic heterocycles. The number of hydrogen-bond donors (Lipinski definition) is 0. The number of rotatable bonds is 3. The highest BCUT2D eigenvalue weighted by Gasteiger charge is 2.23. The molecule has 0 aliphatic carbocycles. The molecule has 0 saturated carbocycles. The fourth-order valence-electron chi connectivity index (χ4n) is 3.38. The molecule has 0 saturated heterocycles. The lowest BCUT2D eigenvalue weighted by Gasteiger charge is -2.21. The van der Waals surface area contributed by atoms with Crippen LogP contribution in [0, 0.1) is 6.92 Å². The number of hydrogen-bond acceptors (Lipinski definition) is 5. The molecule has 1 aromatic carbocycles. The largest absolute Gasteiger partial charge is 0.444 e. The summed E-state index contributed by atoms with van der Waals surface area (Å²) < 4.78 is 6.60. The van der Waals surface area contributed by atoms with Gasteiger partial charge in [-0.3, -0.25) is 4.79 Å². The first-order valence-corrected chi connectivity index (χ1v) is 12.1. The minimum Gasteiger partial charge on any atom is -0.444 e. The van der Waals surface area contributed by atoms with E-state index in [1.54, 1.807) is 11.3 Å². The predicted octanol–water partition coefficient (Wildman–Crippen LogP) is 6.47. The van der Waals surface area contributed by atoms with Crippen LogP contribution < -0.4 is 4.90 Å². The van der Waals surface area contributed by atoms with E-state index in [1.165, 1.54) is 28.2 Å². The second kappa shape index (κ2) is 12.8. The standard InChI is InChI=1S/C21H21N3O3S.2C2H6/c1-15-12-16(5-6-17(15)13-27-21(26)23-10-8-22-14-23)20(25)24-9-3-2-4-19-18(24)7-11-28-19;2*1-2/h5-8,10-12,14H,2-4,9,13H2,1H3;2*1-2H3. The molecule has 6 nitrogen and oxygen atoms in total. The van der Waals surface area contributed by atoms with E-state index >= 15 is 0 Å². The van der Waals surface area contributed by atoms with E-state index < -0.39 is 6.09 Å². The minimum atomic E-state index is -0.480. The third kappa shape index (κ3) is 6.07. The van der Waals surface area contributed by atoms with Crippen LogP contribution in [0.15, 0.2) is 48.4 Å². The fourth-order valence-corrected chi connectivity index (χ4v) is 4.30. The molecular formula is C25H33N3O3S. The fraction of sp³-hybridized carbons (Fsp3) is 0.400. The highest BCUT2D eigenvalue weighted by Crippen LogP contribution is 2.32. The van der Waals surface area contributed by atoms with Crippen LogP contribution in [0.1, 0.15) is 66.9 Å². The van der Waals surface area contributed by atoms with Crippen molar-refractivity contribution in [2.45, 2.75) is 60.5 Å². The van der Waals surface area contributed by atoms with E-state index in [0.717, 1.165) is 42.6 Å². The number of thiophene rings is 1. The zero-order valence-corrected chi connectivity index (χ0v) is 20.4. The van der Waals surface area contributed by atoms with Gasteiger partial charge >= 0.3 is 6.09 Å². The van der Waals surface area contributed by atoms with Gasteiger partial charge in [-0.05, 0) is 60.9 Å². The lowest BCUT2D eigenvalue weighted by atomic mass is 10.0. The van der Waals surface area contributed by atoms with Gasteiger partial charge in [-0.1, -0.05) is 33.8 Å². The molecule has 1 aliphatic heterocycles. The molecule has 32 heavy (non-hydrogen) atoms. The summed E-state index contributed by atoms with van der Waals surface area (Å²) in [6.45, 7) is 10.8. The highest BCUT2D eigenvalue weighted by atomic mass is 32.1. The summed E-state index contributed by atoms with van der Waals surface area (Å²) in [5.74, 6) is 0.0200. The number of ether oxygens (including phenoxy) is 1. The van der Waals surface area contributed by atoms with Crippen LogP contribution in [-0.4, -0.2) is 28.1 Å². The van der Waals surface area contributed by atoms with Gasteiger partial charge in [0.25, 0.3) is 5.91 Å².